The van der Waals surface area contributed by atoms with Crippen molar-refractivity contribution < 1.29 is 4.79 Å². The smallest absolute Gasteiger partial charge is 0.228 e. The maximum Gasteiger partial charge on any atom is 0.228 e. The molecule has 22 heavy (non-hydrogen) atoms. The molecule has 1 N–H and O–H groups in total. The van der Waals surface area contributed by atoms with Gasteiger partial charge in [0.15, 0.2) is 0 Å². The number of carbonyl (C=O) groups excluding carboxylic acids is 1. The van der Waals surface area contributed by atoms with Crippen LogP contribution in [0.25, 0.3) is 0 Å². The molecule has 4 atom stereocenters. The zero-order valence-corrected chi connectivity index (χ0v) is 13.8. The highest BCUT2D eigenvalue weighted by atomic mass is 32.1. The molecule has 3 aliphatic rings. The van der Waals surface area contributed by atoms with Gasteiger partial charge in [0.05, 0.1) is 5.56 Å². The average molecular weight is 314 g/mol. The number of anilines is 1. The van der Waals surface area contributed by atoms with Gasteiger partial charge in [0.2, 0.25) is 5.91 Å². The summed E-state index contributed by atoms with van der Waals surface area (Å²) >= 11 is 1.64. The molecule has 1 aromatic rings. The lowest BCUT2D eigenvalue weighted by Crippen LogP contribution is -2.27. The molecule has 1 heterocycles. The van der Waals surface area contributed by atoms with Gasteiger partial charge in [-0.05, 0) is 61.8 Å². The molecular formula is C18H22N2OS. The second-order valence-electron chi connectivity index (χ2n) is 7.44. The number of nitrogens with zero attached hydrogens (tertiary/aromatic N) is 1. The molecule has 116 valence electrons. The Hall–Kier alpha value is -1.34. The first kappa shape index (κ1) is 14.3. The number of nitrogens with one attached hydrogen (secondary N) is 1. The lowest BCUT2D eigenvalue weighted by atomic mass is 9.88. The van der Waals surface area contributed by atoms with Crippen molar-refractivity contribution in [2.45, 2.75) is 51.9 Å². The first-order valence-electron chi connectivity index (χ1n) is 8.51. The quantitative estimate of drug-likeness (QED) is 0.892. The Kier molecular flexibility index (Phi) is 3.49. The van der Waals surface area contributed by atoms with E-state index in [1.54, 1.807) is 11.3 Å². The van der Waals surface area contributed by atoms with Crippen LogP contribution in [0.2, 0.25) is 0 Å². The lowest BCUT2D eigenvalue weighted by molar-refractivity contribution is -0.121. The number of thiophene rings is 1. The SMILES string of the molecule is C[C@@H]1CCc2c(sc(NC(=O)[C@H]3C[C@@H]4CC[C@@H]3C4)c2C#N)C1. The van der Waals surface area contributed by atoms with Crippen molar-refractivity contribution in [2.75, 3.05) is 5.32 Å². The second-order valence-corrected chi connectivity index (χ2v) is 8.54. The predicted octanol–water partition coefficient (Wildman–Crippen LogP) is 4.12. The summed E-state index contributed by atoms with van der Waals surface area (Å²) in [5.74, 6) is 2.39. The molecule has 2 bridgehead atoms. The minimum atomic E-state index is 0.162. The summed E-state index contributed by atoms with van der Waals surface area (Å²) in [5, 5.41) is 13.4. The molecule has 4 heteroatoms. The van der Waals surface area contributed by atoms with E-state index in [9.17, 15) is 10.1 Å². The van der Waals surface area contributed by atoms with Gasteiger partial charge in [-0.3, -0.25) is 4.79 Å². The third kappa shape index (κ3) is 2.27. The highest BCUT2D eigenvalue weighted by Gasteiger charge is 2.43. The van der Waals surface area contributed by atoms with Crippen LogP contribution in [-0.4, -0.2) is 5.91 Å². The van der Waals surface area contributed by atoms with Crippen molar-refractivity contribution in [3.05, 3.63) is 16.0 Å². The first-order chi connectivity index (χ1) is 10.7. The van der Waals surface area contributed by atoms with E-state index < -0.39 is 0 Å². The Morgan fingerprint density at radius 1 is 1.32 bits per heavy atom. The highest BCUT2D eigenvalue weighted by molar-refractivity contribution is 7.16. The van der Waals surface area contributed by atoms with Crippen LogP contribution in [0.15, 0.2) is 0 Å². The fourth-order valence-electron chi connectivity index (χ4n) is 4.73. The van der Waals surface area contributed by atoms with E-state index in [-0.39, 0.29) is 11.8 Å². The van der Waals surface area contributed by atoms with Gasteiger partial charge in [-0.1, -0.05) is 13.3 Å². The van der Waals surface area contributed by atoms with E-state index in [0.29, 0.717) is 11.8 Å². The van der Waals surface area contributed by atoms with Crippen LogP contribution in [0.3, 0.4) is 0 Å². The maximum absolute atomic E-state index is 12.6. The topological polar surface area (TPSA) is 52.9 Å². The second kappa shape index (κ2) is 5.38. The molecule has 0 aliphatic heterocycles. The zero-order valence-electron chi connectivity index (χ0n) is 13.0. The van der Waals surface area contributed by atoms with Crippen LogP contribution in [0.1, 0.15) is 55.0 Å². The number of carbonyl (C=O) groups is 1. The average Bonchev–Trinajstić information content (AvgIpc) is 3.19. The molecule has 0 radical (unpaired) electrons. The lowest BCUT2D eigenvalue weighted by Gasteiger charge is -2.20. The van der Waals surface area contributed by atoms with Crippen LogP contribution in [0.4, 0.5) is 5.00 Å². The van der Waals surface area contributed by atoms with Gasteiger partial charge in [-0.2, -0.15) is 5.26 Å². The third-order valence-corrected chi connectivity index (χ3v) is 7.10. The molecule has 0 spiro atoms. The Morgan fingerprint density at radius 3 is 2.86 bits per heavy atom. The summed E-state index contributed by atoms with van der Waals surface area (Å²) in [4.78, 5) is 14.0. The van der Waals surface area contributed by atoms with Crippen LogP contribution < -0.4 is 5.32 Å². The molecule has 0 aromatic carbocycles. The van der Waals surface area contributed by atoms with Gasteiger partial charge in [0.25, 0.3) is 0 Å². The molecule has 1 amide bonds. The maximum atomic E-state index is 12.6. The van der Waals surface area contributed by atoms with Crippen LogP contribution >= 0.6 is 11.3 Å². The Morgan fingerprint density at radius 2 is 2.18 bits per heavy atom. The zero-order chi connectivity index (χ0) is 15.3. The van der Waals surface area contributed by atoms with Gasteiger partial charge in [0.1, 0.15) is 11.1 Å². The van der Waals surface area contributed by atoms with Crippen LogP contribution in [0.5, 0.6) is 0 Å². The monoisotopic (exact) mass is 314 g/mol. The summed E-state index contributed by atoms with van der Waals surface area (Å²) in [7, 11) is 0. The Bertz CT molecular complexity index is 657. The normalized spacial score (nSPS) is 32.5. The minimum absolute atomic E-state index is 0.162. The first-order valence-corrected chi connectivity index (χ1v) is 9.32. The van der Waals surface area contributed by atoms with Crippen molar-refractivity contribution in [1.82, 2.24) is 0 Å². The van der Waals surface area contributed by atoms with E-state index in [2.05, 4.69) is 18.3 Å². The van der Waals surface area contributed by atoms with Crippen molar-refractivity contribution in [1.29, 1.82) is 5.26 Å². The molecule has 0 unspecified atom stereocenters. The molecule has 0 saturated heterocycles. The van der Waals surface area contributed by atoms with Crippen molar-refractivity contribution in [3.63, 3.8) is 0 Å². The molecule has 3 aliphatic carbocycles. The Balaban J connectivity index is 1.56. The molecule has 4 rings (SSSR count). The summed E-state index contributed by atoms with van der Waals surface area (Å²) in [6.07, 6.45) is 8.01. The number of hydrogen-bond acceptors (Lipinski definition) is 3. The fraction of sp³-hybridized carbons (Fsp3) is 0.667. The summed E-state index contributed by atoms with van der Waals surface area (Å²) in [6, 6.07) is 2.34. The predicted molar refractivity (Wildman–Crippen MR) is 87.8 cm³/mol. The number of nitriles is 1. The van der Waals surface area contributed by atoms with Gasteiger partial charge in [-0.25, -0.2) is 0 Å². The number of rotatable bonds is 2. The van der Waals surface area contributed by atoms with E-state index in [1.165, 1.54) is 29.7 Å². The minimum Gasteiger partial charge on any atom is -0.316 e. The molecule has 2 saturated carbocycles. The van der Waals surface area contributed by atoms with Crippen LogP contribution in [-0.2, 0) is 17.6 Å². The van der Waals surface area contributed by atoms with E-state index in [1.807, 2.05) is 0 Å². The van der Waals surface area contributed by atoms with Gasteiger partial charge < -0.3 is 5.32 Å². The fourth-order valence-corrected chi connectivity index (χ4v) is 6.09. The van der Waals surface area contributed by atoms with Crippen molar-refractivity contribution in [3.8, 4) is 6.07 Å². The van der Waals surface area contributed by atoms with E-state index in [0.717, 1.165) is 42.2 Å². The third-order valence-electron chi connectivity index (χ3n) is 5.94. The highest BCUT2D eigenvalue weighted by Crippen LogP contribution is 2.49. The van der Waals surface area contributed by atoms with E-state index in [4.69, 9.17) is 0 Å². The van der Waals surface area contributed by atoms with Crippen molar-refractivity contribution >= 4 is 22.2 Å². The molecule has 3 nitrogen and oxygen atoms in total. The summed E-state index contributed by atoms with van der Waals surface area (Å²) < 4.78 is 0. The number of amides is 1. The standard InChI is InChI=1S/C18H22N2OS/c1-10-2-5-13-15(9-19)18(22-16(13)6-10)20-17(21)14-8-11-3-4-12(14)7-11/h10-12,14H,2-8H2,1H3,(H,20,21)/t10-,11-,12-,14+/m1/s1. The van der Waals surface area contributed by atoms with Crippen LogP contribution in [0, 0.1) is 35.0 Å². The number of hydrogen-bond donors (Lipinski definition) is 1. The number of fused-ring (bicyclic) bond motifs is 3. The molecule has 2 fully saturated rings. The molecule has 1 aromatic heterocycles. The Labute approximate surface area is 135 Å². The summed E-state index contributed by atoms with van der Waals surface area (Å²) in [6.45, 7) is 2.27. The summed E-state index contributed by atoms with van der Waals surface area (Å²) in [5.41, 5.74) is 1.94. The van der Waals surface area contributed by atoms with Gasteiger partial charge >= 0.3 is 0 Å². The van der Waals surface area contributed by atoms with Gasteiger partial charge in [-0.15, -0.1) is 11.3 Å². The van der Waals surface area contributed by atoms with Crippen molar-refractivity contribution in [2.24, 2.45) is 23.7 Å². The largest absolute Gasteiger partial charge is 0.316 e. The van der Waals surface area contributed by atoms with E-state index >= 15 is 0 Å². The molecular weight excluding hydrogens is 292 g/mol. The van der Waals surface area contributed by atoms with Gasteiger partial charge in [0, 0.05) is 10.8 Å².